The number of hydrogen-bond acceptors (Lipinski definition) is 3. The summed E-state index contributed by atoms with van der Waals surface area (Å²) >= 11 is 6.27. The molecule has 1 rings (SSSR count). The summed E-state index contributed by atoms with van der Waals surface area (Å²) in [5.74, 6) is -0.928. The van der Waals surface area contributed by atoms with Gasteiger partial charge in [0.15, 0.2) is 0 Å². The zero-order chi connectivity index (χ0) is 14.6. The van der Waals surface area contributed by atoms with E-state index < -0.39 is 28.7 Å². The predicted octanol–water partition coefficient (Wildman–Crippen LogP) is 2.65. The Bertz CT molecular complexity index is 508. The molecule has 104 valence electrons. The maximum atomic E-state index is 12.6. The van der Waals surface area contributed by atoms with Crippen LogP contribution in [-0.2, 0) is 11.0 Å². The minimum atomic E-state index is -4.57. The minimum Gasteiger partial charge on any atom is -0.351 e. The van der Waals surface area contributed by atoms with Crippen LogP contribution in [0.3, 0.4) is 0 Å². The van der Waals surface area contributed by atoms with Gasteiger partial charge in [-0.2, -0.15) is 13.2 Å². The monoisotopic (exact) mass is 312 g/mol. The summed E-state index contributed by atoms with van der Waals surface area (Å²) in [4.78, 5) is 21.7. The molecule has 0 bridgehead atoms. The molecule has 0 unspecified atom stereocenters. The van der Waals surface area contributed by atoms with Gasteiger partial charge in [-0.25, -0.2) is 4.79 Å². The van der Waals surface area contributed by atoms with Crippen molar-refractivity contribution in [2.45, 2.75) is 11.1 Å². The Morgan fingerprint density at radius 1 is 1.37 bits per heavy atom. The maximum Gasteiger partial charge on any atom is 0.417 e. The Balaban J connectivity index is 2.76. The Hall–Kier alpha value is -1.41. The van der Waals surface area contributed by atoms with Gasteiger partial charge in [-0.1, -0.05) is 11.6 Å². The SMILES string of the molecule is NC(=O)NC(=O)CSc1ccc(Cl)c(C(F)(F)F)c1. The standard InChI is InChI=1S/C10H8ClF3N2O2S/c11-7-2-1-5(3-6(7)10(12,13)14)19-4-8(17)16-9(15)18/h1-3H,4H2,(H3,15,16,17,18). The highest BCUT2D eigenvalue weighted by atomic mass is 35.5. The van der Waals surface area contributed by atoms with Crippen LogP contribution in [0.15, 0.2) is 23.1 Å². The molecule has 0 aliphatic carbocycles. The molecule has 0 saturated heterocycles. The van der Waals surface area contributed by atoms with Crippen LogP contribution in [0.1, 0.15) is 5.56 Å². The summed E-state index contributed by atoms with van der Waals surface area (Å²) in [6.07, 6.45) is -4.57. The van der Waals surface area contributed by atoms with E-state index in [1.165, 1.54) is 6.07 Å². The lowest BCUT2D eigenvalue weighted by atomic mass is 10.2. The number of carbonyl (C=O) groups excluding carboxylic acids is 2. The third-order valence-corrected chi connectivity index (χ3v) is 3.20. The second kappa shape index (κ2) is 6.16. The van der Waals surface area contributed by atoms with Crippen molar-refractivity contribution in [3.8, 4) is 0 Å². The summed E-state index contributed by atoms with van der Waals surface area (Å²) in [7, 11) is 0. The van der Waals surface area contributed by atoms with Crippen LogP contribution in [0, 0.1) is 0 Å². The van der Waals surface area contributed by atoms with Gasteiger partial charge in [-0.3, -0.25) is 10.1 Å². The van der Waals surface area contributed by atoms with Gasteiger partial charge in [-0.15, -0.1) is 11.8 Å². The van der Waals surface area contributed by atoms with E-state index in [9.17, 15) is 22.8 Å². The average molecular weight is 313 g/mol. The lowest BCUT2D eigenvalue weighted by Crippen LogP contribution is -2.36. The van der Waals surface area contributed by atoms with Crippen molar-refractivity contribution >= 4 is 35.3 Å². The van der Waals surface area contributed by atoms with Gasteiger partial charge in [0.2, 0.25) is 5.91 Å². The van der Waals surface area contributed by atoms with Crippen LogP contribution >= 0.6 is 23.4 Å². The van der Waals surface area contributed by atoms with Gasteiger partial charge >= 0.3 is 12.2 Å². The summed E-state index contributed by atoms with van der Waals surface area (Å²) in [5.41, 5.74) is 3.74. The van der Waals surface area contributed by atoms with Crippen molar-refractivity contribution in [1.82, 2.24) is 5.32 Å². The molecule has 9 heteroatoms. The van der Waals surface area contributed by atoms with Gasteiger partial charge < -0.3 is 5.73 Å². The molecule has 1 aromatic carbocycles. The largest absolute Gasteiger partial charge is 0.417 e. The number of nitrogens with two attached hydrogens (primary N) is 1. The molecule has 4 nitrogen and oxygen atoms in total. The number of carbonyl (C=O) groups is 2. The smallest absolute Gasteiger partial charge is 0.351 e. The van der Waals surface area contributed by atoms with E-state index in [0.717, 1.165) is 23.9 Å². The molecule has 3 amide bonds. The number of alkyl halides is 3. The van der Waals surface area contributed by atoms with Crippen molar-refractivity contribution in [2.24, 2.45) is 5.73 Å². The molecule has 19 heavy (non-hydrogen) atoms. The van der Waals surface area contributed by atoms with E-state index in [0.29, 0.717) is 0 Å². The third-order valence-electron chi connectivity index (χ3n) is 1.88. The Morgan fingerprint density at radius 2 is 2.00 bits per heavy atom. The van der Waals surface area contributed by atoms with E-state index in [1.54, 1.807) is 5.32 Å². The maximum absolute atomic E-state index is 12.6. The fourth-order valence-corrected chi connectivity index (χ4v) is 2.09. The normalized spacial score (nSPS) is 11.2. The number of thioether (sulfide) groups is 1. The number of benzene rings is 1. The molecule has 0 aliphatic heterocycles. The average Bonchev–Trinajstić information content (AvgIpc) is 2.25. The van der Waals surface area contributed by atoms with Gasteiger partial charge in [-0.05, 0) is 18.2 Å². The summed E-state index contributed by atoms with van der Waals surface area (Å²) < 4.78 is 37.7. The van der Waals surface area contributed by atoms with Crippen LogP contribution in [-0.4, -0.2) is 17.7 Å². The lowest BCUT2D eigenvalue weighted by Gasteiger charge is -2.10. The number of hydrogen-bond donors (Lipinski definition) is 2. The first-order valence-electron chi connectivity index (χ1n) is 4.79. The molecule has 0 radical (unpaired) electrons. The zero-order valence-electron chi connectivity index (χ0n) is 9.25. The van der Waals surface area contributed by atoms with E-state index >= 15 is 0 Å². The molecule has 0 atom stereocenters. The quantitative estimate of drug-likeness (QED) is 0.843. The topological polar surface area (TPSA) is 72.2 Å². The fraction of sp³-hybridized carbons (Fsp3) is 0.200. The van der Waals surface area contributed by atoms with Gasteiger partial charge in [0, 0.05) is 4.90 Å². The first-order chi connectivity index (χ1) is 8.70. The van der Waals surface area contributed by atoms with Crippen molar-refractivity contribution in [3.05, 3.63) is 28.8 Å². The number of amides is 3. The first-order valence-corrected chi connectivity index (χ1v) is 6.15. The van der Waals surface area contributed by atoms with Crippen LogP contribution in [0.25, 0.3) is 0 Å². The van der Waals surface area contributed by atoms with Crippen LogP contribution in [0.5, 0.6) is 0 Å². The van der Waals surface area contributed by atoms with Gasteiger partial charge in [0.1, 0.15) is 0 Å². The Kier molecular flexibility index (Phi) is 5.07. The first kappa shape index (κ1) is 15.6. The Morgan fingerprint density at radius 3 is 2.53 bits per heavy atom. The van der Waals surface area contributed by atoms with Gasteiger partial charge in [0.25, 0.3) is 0 Å². The van der Waals surface area contributed by atoms with Crippen molar-refractivity contribution in [3.63, 3.8) is 0 Å². The number of nitrogens with one attached hydrogen (secondary N) is 1. The van der Waals surface area contributed by atoms with Crippen LogP contribution < -0.4 is 11.1 Å². The van der Waals surface area contributed by atoms with Crippen molar-refractivity contribution in [2.75, 3.05) is 5.75 Å². The molecular formula is C10H8ClF3N2O2S. The second-order valence-electron chi connectivity index (χ2n) is 3.34. The number of imide groups is 1. The molecule has 1 aromatic rings. The molecule has 3 N–H and O–H groups in total. The number of rotatable bonds is 3. The number of urea groups is 1. The highest BCUT2D eigenvalue weighted by Gasteiger charge is 2.33. The van der Waals surface area contributed by atoms with Crippen LogP contribution in [0.4, 0.5) is 18.0 Å². The fourth-order valence-electron chi connectivity index (χ4n) is 1.13. The number of primary amides is 1. The second-order valence-corrected chi connectivity index (χ2v) is 4.80. The van der Waals surface area contributed by atoms with E-state index in [-0.39, 0.29) is 10.6 Å². The molecule has 0 heterocycles. The number of halogens is 4. The third kappa shape index (κ3) is 4.99. The minimum absolute atomic E-state index is 0.205. The summed E-state index contributed by atoms with van der Waals surface area (Å²) in [6, 6.07) is 2.26. The van der Waals surface area contributed by atoms with E-state index in [4.69, 9.17) is 17.3 Å². The van der Waals surface area contributed by atoms with Crippen LogP contribution in [0.2, 0.25) is 5.02 Å². The summed E-state index contributed by atoms with van der Waals surface area (Å²) in [5, 5.41) is 1.38. The molecule has 0 saturated carbocycles. The van der Waals surface area contributed by atoms with Crippen molar-refractivity contribution < 1.29 is 22.8 Å². The van der Waals surface area contributed by atoms with E-state index in [1.807, 2.05) is 0 Å². The highest BCUT2D eigenvalue weighted by Crippen LogP contribution is 2.36. The summed E-state index contributed by atoms with van der Waals surface area (Å²) in [6.45, 7) is 0. The molecule has 0 aromatic heterocycles. The van der Waals surface area contributed by atoms with Crippen molar-refractivity contribution in [1.29, 1.82) is 0 Å². The molecule has 0 aliphatic rings. The Labute approximate surface area is 115 Å². The molecule has 0 fully saturated rings. The highest BCUT2D eigenvalue weighted by molar-refractivity contribution is 8.00. The van der Waals surface area contributed by atoms with E-state index in [2.05, 4.69) is 0 Å². The molecule has 0 spiro atoms. The zero-order valence-corrected chi connectivity index (χ0v) is 10.8. The molecular weight excluding hydrogens is 305 g/mol. The lowest BCUT2D eigenvalue weighted by molar-refractivity contribution is -0.137. The predicted molar refractivity (Wildman–Crippen MR) is 64.9 cm³/mol. The van der Waals surface area contributed by atoms with Gasteiger partial charge in [0.05, 0.1) is 16.3 Å².